The van der Waals surface area contributed by atoms with Crippen molar-refractivity contribution in [1.29, 1.82) is 0 Å². The number of halogens is 1. The Morgan fingerprint density at radius 2 is 2.17 bits per heavy atom. The van der Waals surface area contributed by atoms with Gasteiger partial charge in [0.25, 0.3) is 0 Å². The van der Waals surface area contributed by atoms with Crippen LogP contribution >= 0.6 is 11.3 Å². The number of aromatic nitrogens is 2. The molecule has 8 heteroatoms. The van der Waals surface area contributed by atoms with Crippen LogP contribution in [0.3, 0.4) is 0 Å². The largest absolute Gasteiger partial charge is 0.480 e. The molecule has 0 atom stereocenters. The van der Waals surface area contributed by atoms with Crippen LogP contribution in [0.15, 0.2) is 48.0 Å². The minimum Gasteiger partial charge on any atom is -0.480 e. The SMILES string of the molecule is O=[N+]([O-])c1ccc(F)cc1OCc1csc(-c2ccccn2)n1. The molecule has 3 rings (SSSR count). The van der Waals surface area contributed by atoms with Crippen LogP contribution in [0.2, 0.25) is 0 Å². The quantitative estimate of drug-likeness (QED) is 0.524. The second-order valence-electron chi connectivity index (χ2n) is 4.52. The number of hydrogen-bond acceptors (Lipinski definition) is 6. The van der Waals surface area contributed by atoms with Crippen molar-refractivity contribution >= 4 is 17.0 Å². The molecule has 2 heterocycles. The lowest BCUT2D eigenvalue weighted by molar-refractivity contribution is -0.386. The van der Waals surface area contributed by atoms with E-state index < -0.39 is 10.7 Å². The lowest BCUT2D eigenvalue weighted by Gasteiger charge is -2.05. The Balaban J connectivity index is 1.76. The first-order chi connectivity index (χ1) is 11.1. The van der Waals surface area contributed by atoms with Crippen molar-refractivity contribution in [3.63, 3.8) is 0 Å². The molecule has 0 bridgehead atoms. The third-order valence-electron chi connectivity index (χ3n) is 2.93. The number of pyridine rings is 1. The first-order valence-electron chi connectivity index (χ1n) is 6.56. The summed E-state index contributed by atoms with van der Waals surface area (Å²) < 4.78 is 18.6. The van der Waals surface area contributed by atoms with Gasteiger partial charge >= 0.3 is 5.69 Å². The minimum atomic E-state index is -0.616. The van der Waals surface area contributed by atoms with E-state index in [0.29, 0.717) is 5.69 Å². The highest BCUT2D eigenvalue weighted by Gasteiger charge is 2.16. The number of thiazole rings is 1. The molecule has 0 saturated carbocycles. The van der Waals surface area contributed by atoms with Gasteiger partial charge in [-0.2, -0.15) is 0 Å². The van der Waals surface area contributed by atoms with E-state index >= 15 is 0 Å². The van der Waals surface area contributed by atoms with Gasteiger partial charge in [0.2, 0.25) is 0 Å². The van der Waals surface area contributed by atoms with Gasteiger partial charge in [0.05, 0.1) is 16.3 Å². The summed E-state index contributed by atoms with van der Waals surface area (Å²) in [5.74, 6) is -0.722. The molecule has 0 aliphatic carbocycles. The number of hydrogen-bond donors (Lipinski definition) is 0. The molecule has 0 aliphatic rings. The predicted molar refractivity (Wildman–Crippen MR) is 82.7 cm³/mol. The lowest BCUT2D eigenvalue weighted by atomic mass is 10.3. The molecule has 0 spiro atoms. The van der Waals surface area contributed by atoms with Crippen LogP contribution in [0.5, 0.6) is 5.75 Å². The molecule has 0 saturated heterocycles. The van der Waals surface area contributed by atoms with E-state index in [-0.39, 0.29) is 18.0 Å². The van der Waals surface area contributed by atoms with Crippen LogP contribution in [0, 0.1) is 15.9 Å². The molecular formula is C15H10FN3O3S. The van der Waals surface area contributed by atoms with Crippen LogP contribution in [0.4, 0.5) is 10.1 Å². The number of nitrogens with zero attached hydrogens (tertiary/aromatic N) is 3. The number of nitro groups is 1. The van der Waals surface area contributed by atoms with Crippen molar-refractivity contribution in [3.8, 4) is 16.5 Å². The van der Waals surface area contributed by atoms with Crippen molar-refractivity contribution in [2.24, 2.45) is 0 Å². The van der Waals surface area contributed by atoms with E-state index in [2.05, 4.69) is 9.97 Å². The normalized spacial score (nSPS) is 10.5. The van der Waals surface area contributed by atoms with Gasteiger partial charge < -0.3 is 4.74 Å². The summed E-state index contributed by atoms with van der Waals surface area (Å²) in [6, 6.07) is 8.59. The second-order valence-corrected chi connectivity index (χ2v) is 5.37. The zero-order chi connectivity index (χ0) is 16.2. The molecule has 0 N–H and O–H groups in total. The molecule has 0 unspecified atom stereocenters. The first-order valence-corrected chi connectivity index (χ1v) is 7.44. The molecule has 0 fully saturated rings. The van der Waals surface area contributed by atoms with Crippen LogP contribution in [0.1, 0.15) is 5.69 Å². The van der Waals surface area contributed by atoms with Crippen molar-refractivity contribution in [2.75, 3.05) is 0 Å². The zero-order valence-corrected chi connectivity index (χ0v) is 12.5. The Kier molecular flexibility index (Phi) is 4.24. The molecular weight excluding hydrogens is 321 g/mol. The summed E-state index contributed by atoms with van der Waals surface area (Å²) in [4.78, 5) is 18.9. The zero-order valence-electron chi connectivity index (χ0n) is 11.7. The summed E-state index contributed by atoms with van der Waals surface area (Å²) in [5.41, 5.74) is 1.04. The second kappa shape index (κ2) is 6.49. The van der Waals surface area contributed by atoms with Crippen molar-refractivity contribution in [1.82, 2.24) is 9.97 Å². The topological polar surface area (TPSA) is 78.2 Å². The summed E-state index contributed by atoms with van der Waals surface area (Å²) in [7, 11) is 0. The Bertz CT molecular complexity index is 839. The fourth-order valence-corrected chi connectivity index (χ4v) is 2.67. The first kappa shape index (κ1) is 15.0. The van der Waals surface area contributed by atoms with Gasteiger partial charge in [-0.1, -0.05) is 6.07 Å². The summed E-state index contributed by atoms with van der Waals surface area (Å²) in [5, 5.41) is 13.4. The fourth-order valence-electron chi connectivity index (χ4n) is 1.89. The van der Waals surface area contributed by atoms with E-state index in [9.17, 15) is 14.5 Å². The highest BCUT2D eigenvalue weighted by Crippen LogP contribution is 2.29. The van der Waals surface area contributed by atoms with Crippen LogP contribution in [-0.2, 0) is 6.61 Å². The van der Waals surface area contributed by atoms with Crippen LogP contribution in [0.25, 0.3) is 10.7 Å². The average Bonchev–Trinajstić information content (AvgIpc) is 3.02. The van der Waals surface area contributed by atoms with Gasteiger partial charge in [-0.3, -0.25) is 15.1 Å². The molecule has 0 radical (unpaired) electrons. The third kappa shape index (κ3) is 3.49. The Hall–Kier alpha value is -2.87. The van der Waals surface area contributed by atoms with Gasteiger partial charge in [-0.05, 0) is 18.2 Å². The van der Waals surface area contributed by atoms with Gasteiger partial charge in [0.1, 0.15) is 17.4 Å². The van der Waals surface area contributed by atoms with Crippen molar-refractivity contribution in [2.45, 2.75) is 6.61 Å². The van der Waals surface area contributed by atoms with Crippen LogP contribution in [-0.4, -0.2) is 14.9 Å². The minimum absolute atomic E-state index is 0.00757. The maximum Gasteiger partial charge on any atom is 0.311 e. The molecule has 3 aromatic rings. The molecule has 116 valence electrons. The summed E-state index contributed by atoms with van der Waals surface area (Å²) in [6.07, 6.45) is 1.67. The molecule has 6 nitrogen and oxygen atoms in total. The highest BCUT2D eigenvalue weighted by molar-refractivity contribution is 7.13. The highest BCUT2D eigenvalue weighted by atomic mass is 32.1. The molecule has 1 aromatic carbocycles. The molecule has 23 heavy (non-hydrogen) atoms. The molecule has 0 aliphatic heterocycles. The van der Waals surface area contributed by atoms with E-state index in [1.54, 1.807) is 11.6 Å². The van der Waals surface area contributed by atoms with Crippen molar-refractivity contribution in [3.05, 3.63) is 69.6 Å². The number of rotatable bonds is 5. The van der Waals surface area contributed by atoms with E-state index in [1.807, 2.05) is 18.2 Å². The van der Waals surface area contributed by atoms with E-state index in [0.717, 1.165) is 28.9 Å². The Morgan fingerprint density at radius 3 is 2.91 bits per heavy atom. The van der Waals surface area contributed by atoms with Gasteiger partial charge in [-0.15, -0.1) is 11.3 Å². The average molecular weight is 331 g/mol. The number of benzene rings is 1. The summed E-state index contributed by atoms with van der Waals surface area (Å²) >= 11 is 1.39. The monoisotopic (exact) mass is 331 g/mol. The van der Waals surface area contributed by atoms with Crippen LogP contribution < -0.4 is 4.74 Å². The number of nitro benzene ring substituents is 1. The molecule has 0 amide bonds. The smallest absolute Gasteiger partial charge is 0.311 e. The Labute approximate surface area is 134 Å². The van der Waals surface area contributed by atoms with Crippen molar-refractivity contribution < 1.29 is 14.1 Å². The number of ether oxygens (including phenoxy) is 1. The maximum atomic E-state index is 13.2. The van der Waals surface area contributed by atoms with E-state index in [1.165, 1.54) is 11.3 Å². The predicted octanol–water partition coefficient (Wildman–Crippen LogP) is 3.83. The summed E-state index contributed by atoms with van der Waals surface area (Å²) in [6.45, 7) is 0.00757. The van der Waals surface area contributed by atoms with Gasteiger partial charge in [-0.25, -0.2) is 9.37 Å². The third-order valence-corrected chi connectivity index (χ3v) is 3.84. The standard InChI is InChI=1S/C15H10FN3O3S/c16-10-4-5-13(19(20)21)14(7-10)22-8-11-9-23-15(18-11)12-3-1-2-6-17-12/h1-7,9H,8H2. The van der Waals surface area contributed by atoms with Gasteiger partial charge in [0.15, 0.2) is 5.75 Å². The fraction of sp³-hybridized carbons (Fsp3) is 0.0667. The maximum absolute atomic E-state index is 13.2. The molecule has 2 aromatic heterocycles. The Morgan fingerprint density at radius 1 is 1.30 bits per heavy atom. The van der Waals surface area contributed by atoms with Gasteiger partial charge in [0, 0.05) is 23.7 Å². The lowest BCUT2D eigenvalue weighted by Crippen LogP contribution is -2.00. The van der Waals surface area contributed by atoms with E-state index in [4.69, 9.17) is 4.74 Å².